The third kappa shape index (κ3) is 7.71. The zero-order chi connectivity index (χ0) is 26.2. The van der Waals surface area contributed by atoms with Gasteiger partial charge in [0, 0.05) is 13.1 Å². The fraction of sp³-hybridized carbons (Fsp3) is 0.682. The van der Waals surface area contributed by atoms with Crippen LogP contribution in [0.3, 0.4) is 0 Å². The van der Waals surface area contributed by atoms with Crippen molar-refractivity contribution >= 4 is 36.2 Å². The van der Waals surface area contributed by atoms with Gasteiger partial charge in [-0.1, -0.05) is 6.92 Å². The van der Waals surface area contributed by atoms with Crippen molar-refractivity contribution in [2.75, 3.05) is 37.9 Å². The van der Waals surface area contributed by atoms with Gasteiger partial charge < -0.3 is 29.2 Å². The van der Waals surface area contributed by atoms with Crippen LogP contribution in [-0.2, 0) is 30.2 Å². The summed E-state index contributed by atoms with van der Waals surface area (Å²) in [6.45, 7) is 12.2. The number of ether oxygens (including phenoxy) is 2. The average Bonchev–Trinajstić information content (AvgIpc) is 3.20. The minimum atomic E-state index is -3.50. The van der Waals surface area contributed by atoms with Crippen LogP contribution in [0.4, 0.5) is 5.82 Å². The summed E-state index contributed by atoms with van der Waals surface area (Å²) in [5, 5.41) is 2.92. The van der Waals surface area contributed by atoms with Gasteiger partial charge in [-0.15, -0.1) is 0 Å². The SMILES string of the molecule is CCCOC(=O)C(C)(C)N[P@](=O)(CO[C@H](C)Cn1cnc2c(N)ncnc21)CC(=O)N(CC)CC. The largest absolute Gasteiger partial charge is 0.464 e. The molecule has 196 valence electrons. The number of nitrogens with one attached hydrogen (secondary N) is 1. The highest BCUT2D eigenvalue weighted by molar-refractivity contribution is 7.62. The van der Waals surface area contributed by atoms with Crippen LogP contribution in [0.25, 0.3) is 11.2 Å². The number of nitrogens with two attached hydrogens (primary N) is 1. The van der Waals surface area contributed by atoms with Crippen LogP contribution in [0.1, 0.15) is 48.0 Å². The van der Waals surface area contributed by atoms with Crippen molar-refractivity contribution in [3.05, 3.63) is 12.7 Å². The monoisotopic (exact) mass is 511 g/mol. The second kappa shape index (κ2) is 12.4. The third-order valence-electron chi connectivity index (χ3n) is 5.39. The Kier molecular flexibility index (Phi) is 10.2. The molecule has 3 N–H and O–H groups in total. The predicted octanol–water partition coefficient (Wildman–Crippen LogP) is 2.24. The highest BCUT2D eigenvalue weighted by Gasteiger charge is 2.39. The van der Waals surface area contributed by atoms with Gasteiger partial charge in [0.1, 0.15) is 23.7 Å². The highest BCUT2D eigenvalue weighted by atomic mass is 31.2. The van der Waals surface area contributed by atoms with E-state index in [1.54, 1.807) is 29.6 Å². The fourth-order valence-electron chi connectivity index (χ4n) is 3.55. The summed E-state index contributed by atoms with van der Waals surface area (Å²) in [5.41, 5.74) is 5.63. The lowest BCUT2D eigenvalue weighted by Crippen LogP contribution is -2.48. The topological polar surface area (TPSA) is 155 Å². The summed E-state index contributed by atoms with van der Waals surface area (Å²) in [6.07, 6.45) is 2.69. The van der Waals surface area contributed by atoms with E-state index in [0.29, 0.717) is 37.2 Å². The van der Waals surface area contributed by atoms with Gasteiger partial charge in [-0.3, -0.25) is 9.59 Å². The number of aromatic nitrogens is 4. The Hall–Kier alpha value is -2.56. The van der Waals surface area contributed by atoms with Gasteiger partial charge in [-0.25, -0.2) is 20.0 Å². The lowest BCUT2D eigenvalue weighted by atomic mass is 10.1. The van der Waals surface area contributed by atoms with Gasteiger partial charge in [0.25, 0.3) is 0 Å². The Morgan fingerprint density at radius 1 is 1.23 bits per heavy atom. The summed E-state index contributed by atoms with van der Waals surface area (Å²) in [4.78, 5) is 39.4. The van der Waals surface area contributed by atoms with E-state index >= 15 is 0 Å². The molecule has 12 nitrogen and oxygen atoms in total. The first-order chi connectivity index (χ1) is 16.5. The summed E-state index contributed by atoms with van der Waals surface area (Å²) in [6, 6.07) is 0. The molecular formula is C22H38N7O5P. The number of anilines is 1. The molecule has 0 spiro atoms. The zero-order valence-corrected chi connectivity index (χ0v) is 22.4. The second-order valence-corrected chi connectivity index (χ2v) is 11.5. The van der Waals surface area contributed by atoms with Crippen molar-refractivity contribution < 1.29 is 23.6 Å². The first kappa shape index (κ1) is 28.7. The van der Waals surface area contributed by atoms with E-state index in [2.05, 4.69) is 20.0 Å². The molecular weight excluding hydrogens is 473 g/mol. The van der Waals surface area contributed by atoms with Gasteiger partial charge in [0.05, 0.1) is 31.7 Å². The Morgan fingerprint density at radius 2 is 1.91 bits per heavy atom. The summed E-state index contributed by atoms with van der Waals surface area (Å²) >= 11 is 0. The van der Waals surface area contributed by atoms with E-state index in [-0.39, 0.29) is 30.8 Å². The molecule has 0 fully saturated rings. The first-order valence-electron chi connectivity index (χ1n) is 11.8. The van der Waals surface area contributed by atoms with E-state index in [9.17, 15) is 14.2 Å². The van der Waals surface area contributed by atoms with Crippen molar-refractivity contribution in [1.82, 2.24) is 29.5 Å². The molecule has 2 heterocycles. The zero-order valence-electron chi connectivity index (χ0n) is 21.5. The minimum absolute atomic E-state index is 0.241. The molecule has 13 heteroatoms. The van der Waals surface area contributed by atoms with Crippen LogP contribution >= 0.6 is 7.29 Å². The number of imidazole rings is 1. The molecule has 2 aromatic rings. The Balaban J connectivity index is 2.17. The van der Waals surface area contributed by atoms with Gasteiger partial charge in [-0.05, 0) is 41.0 Å². The molecule has 35 heavy (non-hydrogen) atoms. The maximum atomic E-state index is 14.0. The van der Waals surface area contributed by atoms with Crippen LogP contribution in [0, 0.1) is 0 Å². The van der Waals surface area contributed by atoms with Crippen LogP contribution in [0.15, 0.2) is 12.7 Å². The average molecular weight is 512 g/mol. The smallest absolute Gasteiger partial charge is 0.326 e. The van der Waals surface area contributed by atoms with Crippen molar-refractivity contribution in [2.24, 2.45) is 0 Å². The standard InChI is InChI=1S/C22H38N7O5P/c1-7-10-33-21(31)22(5,6)27-35(32,12-17(30)28(8-2)9-3)15-34-16(4)11-29-14-26-18-19(23)24-13-25-20(18)29/h13-14,16H,7-12,15H2,1-6H3,(H,27,32)(H2,23,24,25)/t16-,35-/m1/s1. The lowest BCUT2D eigenvalue weighted by Gasteiger charge is -2.31. The number of nitrogens with zero attached hydrogens (tertiary/aromatic N) is 5. The van der Waals surface area contributed by atoms with Crippen LogP contribution < -0.4 is 10.8 Å². The van der Waals surface area contributed by atoms with Crippen LogP contribution in [-0.4, -0.2) is 80.1 Å². The molecule has 1 amide bonds. The van der Waals surface area contributed by atoms with E-state index in [0.717, 1.165) is 0 Å². The molecule has 0 saturated carbocycles. The molecule has 0 aliphatic carbocycles. The number of nitrogen functional groups attached to an aromatic ring is 1. The summed E-state index contributed by atoms with van der Waals surface area (Å²) in [7, 11) is -3.50. The maximum Gasteiger partial charge on any atom is 0.326 e. The molecule has 0 radical (unpaired) electrons. The summed E-state index contributed by atoms with van der Waals surface area (Å²) in [5.74, 6) is -0.527. The lowest BCUT2D eigenvalue weighted by molar-refractivity contribution is -0.149. The molecule has 0 aromatic carbocycles. The number of carbonyl (C=O) groups is 2. The van der Waals surface area contributed by atoms with Crippen molar-refractivity contribution in [3.63, 3.8) is 0 Å². The Bertz CT molecular complexity index is 1050. The maximum absolute atomic E-state index is 14.0. The molecule has 0 aliphatic rings. The van der Waals surface area contributed by atoms with Crippen molar-refractivity contribution in [1.29, 1.82) is 0 Å². The van der Waals surface area contributed by atoms with Gasteiger partial charge in [0.2, 0.25) is 5.91 Å². The van der Waals surface area contributed by atoms with E-state index in [4.69, 9.17) is 15.2 Å². The normalized spacial score (nSPS) is 14.5. The molecule has 2 aromatic heterocycles. The van der Waals surface area contributed by atoms with Gasteiger partial charge in [-0.2, -0.15) is 0 Å². The Labute approximate surface area is 206 Å². The number of rotatable bonds is 14. The fourth-order valence-corrected chi connectivity index (χ4v) is 6.03. The van der Waals surface area contributed by atoms with Gasteiger partial charge >= 0.3 is 5.97 Å². The van der Waals surface area contributed by atoms with E-state index in [1.807, 2.05) is 27.7 Å². The molecule has 0 bridgehead atoms. The number of hydrogen-bond acceptors (Lipinski definition) is 9. The number of hydrogen-bond donors (Lipinski definition) is 2. The minimum Gasteiger partial charge on any atom is -0.464 e. The molecule has 0 aliphatic heterocycles. The van der Waals surface area contributed by atoms with Crippen molar-refractivity contribution in [3.8, 4) is 0 Å². The molecule has 2 atom stereocenters. The van der Waals surface area contributed by atoms with Gasteiger partial charge in [0.15, 0.2) is 18.8 Å². The van der Waals surface area contributed by atoms with E-state index < -0.39 is 24.9 Å². The number of carbonyl (C=O) groups excluding carboxylic acids is 2. The summed E-state index contributed by atoms with van der Waals surface area (Å²) < 4.78 is 26.9. The molecule has 2 rings (SSSR count). The first-order valence-corrected chi connectivity index (χ1v) is 13.9. The predicted molar refractivity (Wildman–Crippen MR) is 134 cm³/mol. The van der Waals surface area contributed by atoms with E-state index in [1.165, 1.54) is 6.33 Å². The quantitative estimate of drug-likeness (QED) is 0.285. The third-order valence-corrected chi connectivity index (χ3v) is 7.70. The second-order valence-electron chi connectivity index (χ2n) is 8.92. The highest BCUT2D eigenvalue weighted by Crippen LogP contribution is 2.44. The van der Waals surface area contributed by atoms with Crippen molar-refractivity contribution in [2.45, 2.75) is 66.2 Å². The Morgan fingerprint density at radius 3 is 2.54 bits per heavy atom. The molecule has 0 saturated heterocycles. The number of esters is 1. The van der Waals surface area contributed by atoms with Crippen LogP contribution in [0.2, 0.25) is 0 Å². The number of fused-ring (bicyclic) bond motifs is 1. The van der Waals surface area contributed by atoms with Crippen LogP contribution in [0.5, 0.6) is 0 Å². The number of amides is 1. The molecule has 0 unspecified atom stereocenters.